The van der Waals surface area contributed by atoms with Gasteiger partial charge >= 0.3 is 0 Å². The van der Waals surface area contributed by atoms with Crippen LogP contribution in [0.25, 0.3) is 22.0 Å². The Kier molecular flexibility index (Phi) is 8.52. The summed E-state index contributed by atoms with van der Waals surface area (Å²) >= 11 is 6.74. The summed E-state index contributed by atoms with van der Waals surface area (Å²) in [5.41, 5.74) is 5.38. The summed E-state index contributed by atoms with van der Waals surface area (Å²) in [6.07, 6.45) is 5.45. The van der Waals surface area contributed by atoms with Gasteiger partial charge in [-0.05, 0) is 75.7 Å². The van der Waals surface area contributed by atoms with E-state index in [1.54, 1.807) is 0 Å². The molecule has 0 bridgehead atoms. The molecule has 4 heterocycles. The zero-order valence-corrected chi connectivity index (χ0v) is 25.3. The number of anilines is 1. The van der Waals surface area contributed by atoms with Gasteiger partial charge in [-0.3, -0.25) is 9.59 Å². The van der Waals surface area contributed by atoms with Gasteiger partial charge in [0.1, 0.15) is 5.82 Å². The first-order valence-electron chi connectivity index (χ1n) is 14.4. The fraction of sp³-hybridized carbons (Fsp3) is 0.406. The minimum absolute atomic E-state index is 0.138. The van der Waals surface area contributed by atoms with Crippen molar-refractivity contribution in [3.8, 4) is 11.1 Å². The van der Waals surface area contributed by atoms with E-state index in [1.807, 2.05) is 31.5 Å². The SMILES string of the molecule is CCCc1cc(C)[nH]c(=O)c1CNC(=O)c1cc(-c2ccc(N3CCN(C)CC3)nc2)cc2c1c(Cl)cn2C(C)C. The predicted molar refractivity (Wildman–Crippen MR) is 167 cm³/mol. The van der Waals surface area contributed by atoms with Crippen molar-refractivity contribution < 1.29 is 4.79 Å². The maximum absolute atomic E-state index is 13.8. The lowest BCUT2D eigenvalue weighted by atomic mass is 10.00. The van der Waals surface area contributed by atoms with Gasteiger partial charge in [-0.25, -0.2) is 4.98 Å². The van der Waals surface area contributed by atoms with Gasteiger partial charge in [-0.15, -0.1) is 0 Å². The predicted octanol–water partition coefficient (Wildman–Crippen LogP) is 5.57. The van der Waals surface area contributed by atoms with Gasteiger partial charge in [0, 0.05) is 73.4 Å². The Labute approximate surface area is 246 Å². The maximum atomic E-state index is 13.8. The molecular weight excluding hydrogens is 536 g/mol. The van der Waals surface area contributed by atoms with Crippen molar-refractivity contribution in [2.24, 2.45) is 0 Å². The highest BCUT2D eigenvalue weighted by molar-refractivity contribution is 6.37. The molecule has 0 spiro atoms. The summed E-state index contributed by atoms with van der Waals surface area (Å²) in [4.78, 5) is 38.8. The number of fused-ring (bicyclic) bond motifs is 1. The second-order valence-corrected chi connectivity index (χ2v) is 11.7. The zero-order chi connectivity index (χ0) is 29.3. The summed E-state index contributed by atoms with van der Waals surface area (Å²) in [6.45, 7) is 12.2. The molecule has 2 N–H and O–H groups in total. The summed E-state index contributed by atoms with van der Waals surface area (Å²) in [5.74, 6) is 0.686. The lowest BCUT2D eigenvalue weighted by Gasteiger charge is -2.33. The second-order valence-electron chi connectivity index (χ2n) is 11.3. The van der Waals surface area contributed by atoms with Crippen molar-refractivity contribution in [1.29, 1.82) is 0 Å². The molecule has 0 saturated carbocycles. The number of H-pyrrole nitrogens is 1. The number of carbonyl (C=O) groups excluding carboxylic acids is 1. The van der Waals surface area contributed by atoms with Gasteiger partial charge in [0.25, 0.3) is 11.5 Å². The normalized spacial score (nSPS) is 14.3. The van der Waals surface area contributed by atoms with Gasteiger partial charge in [-0.2, -0.15) is 0 Å². The number of hydrogen-bond acceptors (Lipinski definition) is 5. The molecule has 8 nitrogen and oxygen atoms in total. The summed E-state index contributed by atoms with van der Waals surface area (Å²) < 4.78 is 2.09. The van der Waals surface area contributed by atoms with Crippen LogP contribution in [0.1, 0.15) is 60.4 Å². The number of benzene rings is 1. The van der Waals surface area contributed by atoms with Crippen LogP contribution in [-0.4, -0.2) is 58.6 Å². The molecule has 0 radical (unpaired) electrons. The summed E-state index contributed by atoms with van der Waals surface area (Å²) in [7, 11) is 2.14. The largest absolute Gasteiger partial charge is 0.354 e. The number of nitrogens with one attached hydrogen (secondary N) is 2. The van der Waals surface area contributed by atoms with E-state index in [9.17, 15) is 9.59 Å². The van der Waals surface area contributed by atoms with Crippen LogP contribution >= 0.6 is 11.6 Å². The third-order valence-corrected chi connectivity index (χ3v) is 8.19. The van der Waals surface area contributed by atoms with Crippen molar-refractivity contribution in [1.82, 2.24) is 24.8 Å². The van der Waals surface area contributed by atoms with Crippen LogP contribution < -0.4 is 15.8 Å². The number of carbonyl (C=O) groups is 1. The van der Waals surface area contributed by atoms with Crippen molar-refractivity contribution in [2.45, 2.75) is 53.1 Å². The standard InChI is InChI=1S/C32H39ClN6O2/c1-6-7-22-14-21(4)36-32(41)26(22)18-35-31(40)25-15-24(16-28-30(25)27(33)19-39(28)20(2)3)23-8-9-29(34-17-23)38-12-10-37(5)11-13-38/h8-9,14-17,19-20H,6-7,10-13,18H2,1-5H3,(H,35,40)(H,36,41). The maximum Gasteiger partial charge on any atom is 0.253 e. The van der Waals surface area contributed by atoms with E-state index < -0.39 is 0 Å². The molecule has 3 aromatic heterocycles. The Morgan fingerprint density at radius 1 is 1.12 bits per heavy atom. The Hall–Kier alpha value is -3.62. The Balaban J connectivity index is 1.51. The number of aromatic amines is 1. The van der Waals surface area contributed by atoms with Crippen molar-refractivity contribution in [3.05, 3.63) is 80.5 Å². The monoisotopic (exact) mass is 574 g/mol. The molecule has 41 heavy (non-hydrogen) atoms. The highest BCUT2D eigenvalue weighted by Crippen LogP contribution is 2.35. The lowest BCUT2D eigenvalue weighted by molar-refractivity contribution is 0.0952. The van der Waals surface area contributed by atoms with Gasteiger partial charge < -0.3 is 24.7 Å². The average Bonchev–Trinajstić information content (AvgIpc) is 3.29. The zero-order valence-electron chi connectivity index (χ0n) is 24.6. The molecule has 1 aliphatic rings. The number of rotatable bonds is 8. The van der Waals surface area contributed by atoms with E-state index in [0.29, 0.717) is 21.5 Å². The molecule has 1 amide bonds. The van der Waals surface area contributed by atoms with E-state index in [4.69, 9.17) is 16.6 Å². The second kappa shape index (κ2) is 12.1. The molecular formula is C32H39ClN6O2. The van der Waals surface area contributed by atoms with E-state index in [-0.39, 0.29) is 24.1 Å². The molecule has 9 heteroatoms. The van der Waals surface area contributed by atoms with Crippen LogP contribution in [0.2, 0.25) is 5.02 Å². The van der Waals surface area contributed by atoms with Crippen LogP contribution in [0.3, 0.4) is 0 Å². The molecule has 0 atom stereocenters. The minimum atomic E-state index is -0.273. The first-order valence-corrected chi connectivity index (χ1v) is 14.8. The fourth-order valence-corrected chi connectivity index (χ4v) is 5.93. The van der Waals surface area contributed by atoms with Gasteiger partial charge in [0.05, 0.1) is 16.1 Å². The number of amides is 1. The smallest absolute Gasteiger partial charge is 0.253 e. The lowest BCUT2D eigenvalue weighted by Crippen LogP contribution is -2.44. The van der Waals surface area contributed by atoms with Crippen LogP contribution in [0, 0.1) is 6.92 Å². The van der Waals surface area contributed by atoms with Crippen molar-refractivity contribution >= 4 is 34.2 Å². The van der Waals surface area contributed by atoms with Crippen molar-refractivity contribution in [3.63, 3.8) is 0 Å². The topological polar surface area (TPSA) is 86.3 Å². The van der Waals surface area contributed by atoms with Crippen LogP contribution in [0.5, 0.6) is 0 Å². The first kappa shape index (κ1) is 28.9. The van der Waals surface area contributed by atoms with E-state index in [0.717, 1.165) is 72.7 Å². The molecule has 216 valence electrons. The number of likely N-dealkylation sites (N-methyl/N-ethyl adjacent to an activating group) is 1. The minimum Gasteiger partial charge on any atom is -0.354 e. The average molecular weight is 575 g/mol. The van der Waals surface area contributed by atoms with E-state index in [2.05, 4.69) is 70.7 Å². The molecule has 1 aromatic carbocycles. The molecule has 4 aromatic rings. The molecule has 1 aliphatic heterocycles. The molecule has 1 fully saturated rings. The Morgan fingerprint density at radius 3 is 2.54 bits per heavy atom. The molecule has 0 aliphatic carbocycles. The Morgan fingerprint density at radius 2 is 1.88 bits per heavy atom. The van der Waals surface area contributed by atoms with Crippen LogP contribution in [-0.2, 0) is 13.0 Å². The Bertz CT molecular complexity index is 1610. The number of aryl methyl sites for hydroxylation is 2. The highest BCUT2D eigenvalue weighted by Gasteiger charge is 2.21. The number of aromatic nitrogens is 3. The first-order chi connectivity index (χ1) is 19.7. The number of hydrogen-bond donors (Lipinski definition) is 2. The van der Waals surface area contributed by atoms with Gasteiger partial charge in [0.2, 0.25) is 0 Å². The van der Waals surface area contributed by atoms with Crippen LogP contribution in [0.4, 0.5) is 5.82 Å². The van der Waals surface area contributed by atoms with E-state index >= 15 is 0 Å². The van der Waals surface area contributed by atoms with Gasteiger partial charge in [-0.1, -0.05) is 24.9 Å². The molecule has 5 rings (SSSR count). The number of halogens is 1. The van der Waals surface area contributed by atoms with E-state index in [1.165, 1.54) is 0 Å². The fourth-order valence-electron chi connectivity index (χ4n) is 5.63. The van der Waals surface area contributed by atoms with Gasteiger partial charge in [0.15, 0.2) is 0 Å². The summed E-state index contributed by atoms with van der Waals surface area (Å²) in [5, 5.41) is 4.24. The molecule has 1 saturated heterocycles. The summed E-state index contributed by atoms with van der Waals surface area (Å²) in [6, 6.07) is 10.2. The van der Waals surface area contributed by atoms with Crippen molar-refractivity contribution in [2.75, 3.05) is 38.1 Å². The number of nitrogens with zero attached hydrogens (tertiary/aromatic N) is 4. The third-order valence-electron chi connectivity index (χ3n) is 7.90. The number of pyridine rings is 2. The number of piperazine rings is 1. The quantitative estimate of drug-likeness (QED) is 0.287. The van der Waals surface area contributed by atoms with Crippen LogP contribution in [0.15, 0.2) is 47.5 Å². The highest BCUT2D eigenvalue weighted by atomic mass is 35.5. The molecule has 0 unspecified atom stereocenters. The third kappa shape index (κ3) is 6.04.